The van der Waals surface area contributed by atoms with Crippen molar-refractivity contribution >= 4 is 0 Å². The van der Waals surface area contributed by atoms with Crippen LogP contribution in [0.15, 0.2) is 35.1 Å². The second kappa shape index (κ2) is 5.04. The minimum absolute atomic E-state index is 0.0284. The summed E-state index contributed by atoms with van der Waals surface area (Å²) in [4.78, 5) is 11.5. The van der Waals surface area contributed by atoms with Crippen molar-refractivity contribution in [3.05, 3.63) is 46.2 Å². The van der Waals surface area contributed by atoms with Crippen LogP contribution in [0.4, 0.5) is 0 Å². The molecule has 0 atom stereocenters. The fourth-order valence-corrected chi connectivity index (χ4v) is 2.00. The summed E-state index contributed by atoms with van der Waals surface area (Å²) < 4.78 is 1.95. The van der Waals surface area contributed by atoms with Gasteiger partial charge in [-0.2, -0.15) is 0 Å². The lowest BCUT2D eigenvalue weighted by atomic mass is 10.1. The lowest BCUT2D eigenvalue weighted by molar-refractivity contribution is 0.573. The predicted octanol–water partition coefficient (Wildman–Crippen LogP) is 2.95. The minimum Gasteiger partial charge on any atom is -0.284 e. The third-order valence-corrected chi connectivity index (χ3v) is 2.96. The number of rotatable bonds is 4. The van der Waals surface area contributed by atoms with Gasteiger partial charge in [0, 0.05) is 18.2 Å². The zero-order valence-corrected chi connectivity index (χ0v) is 10.4. The van der Waals surface area contributed by atoms with Crippen LogP contribution >= 0.6 is 0 Å². The summed E-state index contributed by atoms with van der Waals surface area (Å²) in [6, 6.07) is 9.82. The maximum atomic E-state index is 11.5. The summed E-state index contributed by atoms with van der Waals surface area (Å²) in [5, 5.41) is 2.87. The van der Waals surface area contributed by atoms with E-state index in [9.17, 15) is 4.79 Å². The molecule has 0 aliphatic heterocycles. The van der Waals surface area contributed by atoms with Gasteiger partial charge in [-0.25, -0.2) is 0 Å². The number of unbranched alkanes of at least 4 members (excludes halogenated alkanes) is 1. The first-order chi connectivity index (χ1) is 8.22. The van der Waals surface area contributed by atoms with Crippen LogP contribution in [0, 0.1) is 6.92 Å². The molecule has 0 aliphatic carbocycles. The highest BCUT2D eigenvalue weighted by atomic mass is 16.1. The average molecular weight is 230 g/mol. The number of aromatic nitrogens is 2. The summed E-state index contributed by atoms with van der Waals surface area (Å²) in [5.74, 6) is 0. The van der Waals surface area contributed by atoms with Gasteiger partial charge in [0.15, 0.2) is 0 Å². The Labute approximate surface area is 101 Å². The van der Waals surface area contributed by atoms with Crippen LogP contribution in [-0.2, 0) is 6.54 Å². The van der Waals surface area contributed by atoms with Crippen LogP contribution in [-0.4, -0.2) is 9.78 Å². The Morgan fingerprint density at radius 2 is 2.06 bits per heavy atom. The van der Waals surface area contributed by atoms with E-state index in [1.54, 1.807) is 6.07 Å². The maximum absolute atomic E-state index is 11.5. The summed E-state index contributed by atoms with van der Waals surface area (Å²) in [5.41, 5.74) is 3.28. The molecule has 0 unspecified atom stereocenters. The molecule has 0 bridgehead atoms. The molecule has 3 nitrogen and oxygen atoms in total. The van der Waals surface area contributed by atoms with Gasteiger partial charge in [0.05, 0.1) is 5.69 Å². The van der Waals surface area contributed by atoms with Gasteiger partial charge in [-0.3, -0.25) is 14.6 Å². The zero-order valence-electron chi connectivity index (χ0n) is 10.4. The fourth-order valence-electron chi connectivity index (χ4n) is 2.00. The first kappa shape index (κ1) is 11.7. The number of aromatic amines is 1. The Morgan fingerprint density at radius 1 is 1.29 bits per heavy atom. The van der Waals surface area contributed by atoms with E-state index in [-0.39, 0.29) is 5.56 Å². The number of hydrogen-bond donors (Lipinski definition) is 1. The molecule has 1 aromatic carbocycles. The van der Waals surface area contributed by atoms with Crippen molar-refractivity contribution in [2.24, 2.45) is 0 Å². The standard InChI is InChI=1S/C14H18N2O/c1-3-4-9-16-13(10-14(17)15-16)12-8-6-5-7-11(12)2/h5-8,10H,3-4,9H2,1-2H3,(H,15,17). The maximum Gasteiger partial charge on any atom is 0.264 e. The molecule has 0 radical (unpaired) electrons. The van der Waals surface area contributed by atoms with E-state index >= 15 is 0 Å². The van der Waals surface area contributed by atoms with Gasteiger partial charge < -0.3 is 0 Å². The molecular formula is C14H18N2O. The number of aryl methyl sites for hydroxylation is 2. The molecule has 2 rings (SSSR count). The molecule has 1 N–H and O–H groups in total. The Balaban J connectivity index is 2.44. The van der Waals surface area contributed by atoms with Crippen LogP contribution in [0.1, 0.15) is 25.3 Å². The number of hydrogen-bond acceptors (Lipinski definition) is 1. The molecule has 1 aromatic heterocycles. The molecule has 0 saturated carbocycles. The van der Waals surface area contributed by atoms with Crippen molar-refractivity contribution in [3.8, 4) is 11.3 Å². The molecule has 3 heteroatoms. The molecule has 17 heavy (non-hydrogen) atoms. The highest BCUT2D eigenvalue weighted by molar-refractivity contribution is 5.63. The van der Waals surface area contributed by atoms with E-state index in [1.165, 1.54) is 5.56 Å². The summed E-state index contributed by atoms with van der Waals surface area (Å²) in [6.07, 6.45) is 2.19. The third kappa shape index (κ3) is 2.49. The molecular weight excluding hydrogens is 212 g/mol. The van der Waals surface area contributed by atoms with Gasteiger partial charge in [-0.15, -0.1) is 0 Å². The van der Waals surface area contributed by atoms with Crippen LogP contribution in [0.25, 0.3) is 11.3 Å². The van der Waals surface area contributed by atoms with Gasteiger partial charge in [-0.05, 0) is 18.9 Å². The molecule has 0 spiro atoms. The molecule has 0 aliphatic rings. The number of benzene rings is 1. The van der Waals surface area contributed by atoms with E-state index in [4.69, 9.17) is 0 Å². The Hall–Kier alpha value is -1.77. The lowest BCUT2D eigenvalue weighted by Crippen LogP contribution is -2.06. The first-order valence-corrected chi connectivity index (χ1v) is 6.08. The first-order valence-electron chi connectivity index (χ1n) is 6.08. The van der Waals surface area contributed by atoms with Gasteiger partial charge in [0.1, 0.15) is 0 Å². The number of nitrogens with zero attached hydrogens (tertiary/aromatic N) is 1. The van der Waals surface area contributed by atoms with Crippen molar-refractivity contribution in [3.63, 3.8) is 0 Å². The molecule has 0 saturated heterocycles. The number of nitrogens with one attached hydrogen (secondary N) is 1. The molecule has 2 aromatic rings. The van der Waals surface area contributed by atoms with Crippen molar-refractivity contribution in [1.29, 1.82) is 0 Å². The van der Waals surface area contributed by atoms with E-state index in [2.05, 4.69) is 31.1 Å². The van der Waals surface area contributed by atoms with Crippen molar-refractivity contribution in [1.82, 2.24) is 9.78 Å². The highest BCUT2D eigenvalue weighted by Crippen LogP contribution is 2.21. The Kier molecular flexibility index (Phi) is 3.47. The lowest BCUT2D eigenvalue weighted by Gasteiger charge is -2.09. The second-order valence-electron chi connectivity index (χ2n) is 4.33. The van der Waals surface area contributed by atoms with Crippen LogP contribution in [0.3, 0.4) is 0 Å². The SMILES string of the molecule is CCCCn1[nH]c(=O)cc1-c1ccccc1C. The van der Waals surface area contributed by atoms with E-state index < -0.39 is 0 Å². The van der Waals surface area contributed by atoms with Gasteiger partial charge >= 0.3 is 0 Å². The quantitative estimate of drug-likeness (QED) is 0.861. The summed E-state index contributed by atoms with van der Waals surface area (Å²) in [6.45, 7) is 5.08. The monoisotopic (exact) mass is 230 g/mol. The average Bonchev–Trinajstić information content (AvgIpc) is 2.68. The van der Waals surface area contributed by atoms with E-state index in [0.29, 0.717) is 0 Å². The molecule has 0 amide bonds. The smallest absolute Gasteiger partial charge is 0.264 e. The van der Waals surface area contributed by atoms with Crippen LogP contribution in [0.2, 0.25) is 0 Å². The fraction of sp³-hybridized carbons (Fsp3) is 0.357. The predicted molar refractivity (Wildman–Crippen MR) is 70.1 cm³/mol. The van der Waals surface area contributed by atoms with E-state index in [1.807, 2.05) is 16.8 Å². The zero-order chi connectivity index (χ0) is 12.3. The Bertz CT molecular complexity index is 551. The van der Waals surface area contributed by atoms with Gasteiger partial charge in [-0.1, -0.05) is 37.6 Å². The van der Waals surface area contributed by atoms with Crippen molar-refractivity contribution < 1.29 is 0 Å². The van der Waals surface area contributed by atoms with Crippen LogP contribution < -0.4 is 5.56 Å². The van der Waals surface area contributed by atoms with Crippen LogP contribution in [0.5, 0.6) is 0 Å². The highest BCUT2D eigenvalue weighted by Gasteiger charge is 2.08. The largest absolute Gasteiger partial charge is 0.284 e. The third-order valence-electron chi connectivity index (χ3n) is 2.96. The second-order valence-corrected chi connectivity index (χ2v) is 4.33. The van der Waals surface area contributed by atoms with E-state index in [0.717, 1.165) is 30.6 Å². The summed E-state index contributed by atoms with van der Waals surface area (Å²) >= 11 is 0. The van der Waals surface area contributed by atoms with Gasteiger partial charge in [0.25, 0.3) is 5.56 Å². The minimum atomic E-state index is -0.0284. The molecule has 1 heterocycles. The van der Waals surface area contributed by atoms with Crippen molar-refractivity contribution in [2.75, 3.05) is 0 Å². The Morgan fingerprint density at radius 3 is 2.76 bits per heavy atom. The number of H-pyrrole nitrogens is 1. The topological polar surface area (TPSA) is 37.8 Å². The summed E-state index contributed by atoms with van der Waals surface area (Å²) in [7, 11) is 0. The van der Waals surface area contributed by atoms with Gasteiger partial charge in [0.2, 0.25) is 0 Å². The molecule has 0 fully saturated rings. The van der Waals surface area contributed by atoms with Crippen molar-refractivity contribution in [2.45, 2.75) is 33.2 Å². The normalized spacial score (nSPS) is 10.7. The molecule has 90 valence electrons.